The lowest BCUT2D eigenvalue weighted by Crippen LogP contribution is -2.17. The molecule has 118 valence electrons. The van der Waals surface area contributed by atoms with Gasteiger partial charge in [0.15, 0.2) is 5.13 Å². The molecule has 3 N–H and O–H groups in total. The minimum absolute atomic E-state index is 0.259. The van der Waals surface area contributed by atoms with Crippen molar-refractivity contribution < 1.29 is 8.42 Å². The first-order valence-electron chi connectivity index (χ1n) is 7.05. The van der Waals surface area contributed by atoms with Crippen LogP contribution in [0.3, 0.4) is 0 Å². The van der Waals surface area contributed by atoms with E-state index in [1.165, 1.54) is 11.3 Å². The lowest BCUT2D eigenvalue weighted by molar-refractivity contribution is 0.601. The molecule has 0 spiro atoms. The molecule has 2 aromatic rings. The summed E-state index contributed by atoms with van der Waals surface area (Å²) < 4.78 is 27.8. The molecule has 0 aliphatic carbocycles. The van der Waals surface area contributed by atoms with Crippen LogP contribution in [-0.4, -0.2) is 33.5 Å². The van der Waals surface area contributed by atoms with Crippen LogP contribution in [0.4, 0.5) is 10.8 Å². The maximum absolute atomic E-state index is 12.6. The smallest absolute Gasteiger partial charge is 0.265 e. The topological polar surface area (TPSA) is 83.1 Å². The molecule has 1 saturated heterocycles. The lowest BCUT2D eigenvalue weighted by Gasteiger charge is -2.18. The molecule has 22 heavy (non-hydrogen) atoms. The Hall–Kier alpha value is -1.64. The standard InChI is InChI=1S/C14H18N4O2S2/c1-15-13-11(10-5-6-16-9-10)3-2-4-12(13)22(19,20)18-14-17-7-8-21-14/h2-4,7-8,10,15-16H,5-6,9H2,1H3,(H,17,18). The van der Waals surface area contributed by atoms with Gasteiger partial charge in [0.1, 0.15) is 4.90 Å². The monoisotopic (exact) mass is 338 g/mol. The summed E-state index contributed by atoms with van der Waals surface area (Å²) in [6.45, 7) is 1.83. The number of thiazole rings is 1. The van der Waals surface area contributed by atoms with Crippen molar-refractivity contribution in [1.29, 1.82) is 0 Å². The fourth-order valence-electron chi connectivity index (χ4n) is 2.74. The van der Waals surface area contributed by atoms with Crippen LogP contribution in [0, 0.1) is 0 Å². The summed E-state index contributed by atoms with van der Waals surface area (Å²) in [5.74, 6) is 0.331. The maximum atomic E-state index is 12.6. The summed E-state index contributed by atoms with van der Waals surface area (Å²) in [5.41, 5.74) is 1.70. The van der Waals surface area contributed by atoms with Crippen molar-refractivity contribution in [1.82, 2.24) is 10.3 Å². The van der Waals surface area contributed by atoms with Gasteiger partial charge in [-0.05, 0) is 30.5 Å². The van der Waals surface area contributed by atoms with E-state index in [2.05, 4.69) is 20.3 Å². The van der Waals surface area contributed by atoms with Gasteiger partial charge in [0.2, 0.25) is 0 Å². The summed E-state index contributed by atoms with van der Waals surface area (Å²) in [6, 6.07) is 5.41. The minimum Gasteiger partial charge on any atom is -0.387 e. The molecule has 1 unspecified atom stereocenters. The molecule has 1 atom stereocenters. The Kier molecular flexibility index (Phi) is 4.32. The third-order valence-corrected chi connectivity index (χ3v) is 5.95. The van der Waals surface area contributed by atoms with E-state index in [9.17, 15) is 8.42 Å². The van der Waals surface area contributed by atoms with Gasteiger partial charge in [-0.25, -0.2) is 13.4 Å². The summed E-state index contributed by atoms with van der Waals surface area (Å²) >= 11 is 1.26. The van der Waals surface area contributed by atoms with Crippen LogP contribution in [0.5, 0.6) is 0 Å². The van der Waals surface area contributed by atoms with Gasteiger partial charge in [-0.2, -0.15) is 0 Å². The number of rotatable bonds is 5. The Morgan fingerprint density at radius 3 is 2.91 bits per heavy atom. The number of nitrogens with one attached hydrogen (secondary N) is 3. The zero-order chi connectivity index (χ0) is 15.6. The van der Waals surface area contributed by atoms with E-state index >= 15 is 0 Å². The van der Waals surface area contributed by atoms with Gasteiger partial charge in [0.25, 0.3) is 10.0 Å². The molecule has 0 amide bonds. The normalized spacial score (nSPS) is 18.3. The highest BCUT2D eigenvalue weighted by molar-refractivity contribution is 7.93. The number of para-hydroxylation sites is 1. The first kappa shape index (κ1) is 15.3. The molecule has 8 heteroatoms. The molecule has 0 radical (unpaired) electrons. The van der Waals surface area contributed by atoms with E-state index in [1.54, 1.807) is 30.8 Å². The van der Waals surface area contributed by atoms with Crippen LogP contribution < -0.4 is 15.4 Å². The molecule has 0 saturated carbocycles. The number of aromatic nitrogens is 1. The quantitative estimate of drug-likeness (QED) is 0.777. The van der Waals surface area contributed by atoms with Crippen LogP contribution in [-0.2, 0) is 10.0 Å². The van der Waals surface area contributed by atoms with E-state index in [0.29, 0.717) is 16.7 Å². The molecule has 1 aliphatic heterocycles. The highest BCUT2D eigenvalue weighted by atomic mass is 32.2. The SMILES string of the molecule is CNc1c(C2CCNC2)cccc1S(=O)(=O)Nc1nccs1. The predicted molar refractivity (Wildman–Crippen MR) is 89.1 cm³/mol. The minimum atomic E-state index is -3.66. The fraction of sp³-hybridized carbons (Fsp3) is 0.357. The second-order valence-electron chi connectivity index (χ2n) is 5.10. The second-order valence-corrected chi connectivity index (χ2v) is 7.65. The molecule has 0 bridgehead atoms. The highest BCUT2D eigenvalue weighted by Gasteiger charge is 2.25. The third kappa shape index (κ3) is 2.94. The molecular weight excluding hydrogens is 320 g/mol. The Morgan fingerprint density at radius 1 is 1.41 bits per heavy atom. The summed E-state index contributed by atoms with van der Waals surface area (Å²) in [7, 11) is -1.91. The van der Waals surface area contributed by atoms with E-state index in [1.807, 2.05) is 6.07 Å². The van der Waals surface area contributed by atoms with Gasteiger partial charge in [-0.1, -0.05) is 12.1 Å². The van der Waals surface area contributed by atoms with Gasteiger partial charge in [0.05, 0.1) is 5.69 Å². The summed E-state index contributed by atoms with van der Waals surface area (Å²) in [6.07, 6.45) is 2.58. The number of benzene rings is 1. The van der Waals surface area contributed by atoms with Crippen LogP contribution in [0.25, 0.3) is 0 Å². The van der Waals surface area contributed by atoms with E-state index in [-0.39, 0.29) is 4.90 Å². The van der Waals surface area contributed by atoms with Crippen LogP contribution >= 0.6 is 11.3 Å². The summed E-state index contributed by atoms with van der Waals surface area (Å²) in [5, 5.41) is 8.48. The van der Waals surface area contributed by atoms with Crippen LogP contribution in [0.15, 0.2) is 34.7 Å². The predicted octanol–water partition coefficient (Wildman–Crippen LogP) is 2.06. The van der Waals surface area contributed by atoms with Crippen LogP contribution in [0.2, 0.25) is 0 Å². The third-order valence-electron chi connectivity index (χ3n) is 3.75. The Morgan fingerprint density at radius 2 is 2.27 bits per heavy atom. The molecule has 1 aliphatic rings. The Balaban J connectivity index is 2.00. The first-order chi connectivity index (χ1) is 10.6. The van der Waals surface area contributed by atoms with Crippen molar-refractivity contribution >= 4 is 32.2 Å². The van der Waals surface area contributed by atoms with E-state index in [0.717, 1.165) is 25.1 Å². The average molecular weight is 338 g/mol. The van der Waals surface area contributed by atoms with Crippen molar-refractivity contribution in [2.45, 2.75) is 17.2 Å². The van der Waals surface area contributed by atoms with Crippen molar-refractivity contribution in [2.75, 3.05) is 30.2 Å². The molecule has 1 fully saturated rings. The first-order valence-corrected chi connectivity index (χ1v) is 9.42. The highest BCUT2D eigenvalue weighted by Crippen LogP contribution is 2.34. The van der Waals surface area contributed by atoms with E-state index < -0.39 is 10.0 Å². The maximum Gasteiger partial charge on any atom is 0.265 e. The van der Waals surface area contributed by atoms with Crippen molar-refractivity contribution in [3.8, 4) is 0 Å². The fourth-order valence-corrected chi connectivity index (χ4v) is 4.78. The van der Waals surface area contributed by atoms with Gasteiger partial charge in [-0.15, -0.1) is 11.3 Å². The summed E-state index contributed by atoms with van der Waals surface area (Å²) in [4.78, 5) is 4.24. The second kappa shape index (κ2) is 6.23. The zero-order valence-corrected chi connectivity index (χ0v) is 13.8. The zero-order valence-electron chi connectivity index (χ0n) is 12.2. The van der Waals surface area contributed by atoms with Crippen molar-refractivity contribution in [3.63, 3.8) is 0 Å². The Bertz CT molecular complexity index is 738. The van der Waals surface area contributed by atoms with Gasteiger partial charge in [0, 0.05) is 25.2 Å². The van der Waals surface area contributed by atoms with Crippen molar-refractivity contribution in [3.05, 3.63) is 35.3 Å². The van der Waals surface area contributed by atoms with Crippen molar-refractivity contribution in [2.24, 2.45) is 0 Å². The number of hydrogen-bond acceptors (Lipinski definition) is 6. The molecule has 2 heterocycles. The number of sulfonamides is 1. The number of hydrogen-bond donors (Lipinski definition) is 3. The molecule has 1 aromatic heterocycles. The average Bonchev–Trinajstić information content (AvgIpc) is 3.19. The molecule has 1 aromatic carbocycles. The molecule has 3 rings (SSSR count). The van der Waals surface area contributed by atoms with Gasteiger partial charge >= 0.3 is 0 Å². The number of anilines is 2. The van der Waals surface area contributed by atoms with Gasteiger partial charge in [-0.3, -0.25) is 4.72 Å². The largest absolute Gasteiger partial charge is 0.387 e. The number of nitrogens with zero attached hydrogens (tertiary/aromatic N) is 1. The van der Waals surface area contributed by atoms with Gasteiger partial charge < -0.3 is 10.6 Å². The lowest BCUT2D eigenvalue weighted by atomic mass is 9.96. The molecule has 6 nitrogen and oxygen atoms in total. The van der Waals surface area contributed by atoms with Crippen LogP contribution in [0.1, 0.15) is 17.9 Å². The molecular formula is C14H18N4O2S2. The van der Waals surface area contributed by atoms with E-state index in [4.69, 9.17) is 0 Å². The Labute approximate surface area is 134 Å².